The Morgan fingerprint density at radius 1 is 0.909 bits per heavy atom. The first-order valence-corrected chi connectivity index (χ1v) is 12.8. The molecule has 0 radical (unpaired) electrons. The Morgan fingerprint density at radius 3 is 1.86 bits per heavy atom. The van der Waals surface area contributed by atoms with E-state index < -0.39 is 8.24 Å². The van der Waals surface area contributed by atoms with Crippen LogP contribution in [0.25, 0.3) is 0 Å². The van der Waals surface area contributed by atoms with Gasteiger partial charge in [-0.25, -0.2) is 0 Å². The van der Waals surface area contributed by atoms with Crippen LogP contribution in [0.5, 0.6) is 0 Å². The Bertz CT molecular complexity index is 344. The summed E-state index contributed by atoms with van der Waals surface area (Å²) in [4.78, 5) is 0. The number of rotatable bonds is 6. The second kappa shape index (κ2) is 7.38. The van der Waals surface area contributed by atoms with Crippen molar-refractivity contribution in [3.05, 3.63) is 0 Å². The molecule has 2 heteroatoms. The smallest absolute Gasteiger partial charge is 0.126 e. The zero-order valence-electron chi connectivity index (χ0n) is 17.2. The largest absolute Gasteiger partial charge is 0.319 e. The van der Waals surface area contributed by atoms with Gasteiger partial charge in [-0.05, 0) is 62.9 Å². The van der Waals surface area contributed by atoms with Crippen molar-refractivity contribution < 1.29 is 0 Å². The van der Waals surface area contributed by atoms with Crippen molar-refractivity contribution in [2.45, 2.75) is 98.8 Å². The van der Waals surface area contributed by atoms with Gasteiger partial charge in [-0.2, -0.15) is 0 Å². The van der Waals surface area contributed by atoms with Gasteiger partial charge in [0.2, 0.25) is 0 Å². The van der Waals surface area contributed by atoms with Gasteiger partial charge in [0, 0.05) is 5.54 Å². The van der Waals surface area contributed by atoms with Crippen LogP contribution < -0.4 is 0 Å². The molecule has 0 bridgehead atoms. The predicted octanol–water partition coefficient (Wildman–Crippen LogP) is 6.41. The van der Waals surface area contributed by atoms with E-state index >= 15 is 0 Å². The van der Waals surface area contributed by atoms with Gasteiger partial charge in [0.1, 0.15) is 8.24 Å². The maximum atomic E-state index is 2.88. The molecule has 0 aromatic rings. The summed E-state index contributed by atoms with van der Waals surface area (Å²) in [6, 6.07) is 0. The predicted molar refractivity (Wildman–Crippen MR) is 104 cm³/mol. The zero-order chi connectivity index (χ0) is 17.3. The van der Waals surface area contributed by atoms with Crippen LogP contribution in [-0.4, -0.2) is 24.9 Å². The molecule has 1 aliphatic carbocycles. The maximum Gasteiger partial charge on any atom is 0.126 e. The molecule has 0 aliphatic heterocycles. The lowest BCUT2D eigenvalue weighted by molar-refractivity contribution is 0.237. The highest BCUT2D eigenvalue weighted by Crippen LogP contribution is 2.56. The molecular weight excluding hydrogens is 282 g/mol. The van der Waals surface area contributed by atoms with Gasteiger partial charge in [0.05, 0.1) is 0 Å². The molecule has 1 saturated carbocycles. The second-order valence-electron chi connectivity index (χ2n) is 9.48. The molecule has 0 saturated heterocycles. The van der Waals surface area contributed by atoms with Crippen LogP contribution in [-0.2, 0) is 0 Å². The van der Waals surface area contributed by atoms with Crippen LogP contribution in [0.2, 0.25) is 18.6 Å². The van der Waals surface area contributed by atoms with E-state index in [-0.39, 0.29) is 0 Å². The van der Waals surface area contributed by atoms with Gasteiger partial charge in [0.25, 0.3) is 0 Å². The topological polar surface area (TPSA) is 3.24 Å². The molecule has 1 aliphatic rings. The third kappa shape index (κ3) is 3.80. The summed E-state index contributed by atoms with van der Waals surface area (Å²) < 4.78 is 2.88. The normalized spacial score (nSPS) is 33.7. The van der Waals surface area contributed by atoms with Crippen molar-refractivity contribution in [3.63, 3.8) is 0 Å². The summed E-state index contributed by atoms with van der Waals surface area (Å²) in [5, 5.41) is 0. The van der Waals surface area contributed by atoms with Crippen LogP contribution in [0.3, 0.4) is 0 Å². The lowest BCUT2D eigenvalue weighted by Gasteiger charge is -2.51. The molecule has 0 heterocycles. The fourth-order valence-electron chi connectivity index (χ4n) is 6.12. The fourth-order valence-corrected chi connectivity index (χ4v) is 12.1. The van der Waals surface area contributed by atoms with E-state index in [0.717, 1.165) is 29.2 Å². The second-order valence-corrected chi connectivity index (χ2v) is 14.0. The fraction of sp³-hybridized carbons (Fsp3) is 1.00. The van der Waals surface area contributed by atoms with Gasteiger partial charge in [-0.1, -0.05) is 60.6 Å². The molecule has 0 amide bonds. The molecule has 5 unspecified atom stereocenters. The molecule has 0 N–H and O–H groups in total. The van der Waals surface area contributed by atoms with Gasteiger partial charge in [0.15, 0.2) is 0 Å². The van der Waals surface area contributed by atoms with Crippen molar-refractivity contribution in [2.75, 3.05) is 6.54 Å². The van der Waals surface area contributed by atoms with Gasteiger partial charge in [-0.15, -0.1) is 0 Å². The lowest BCUT2D eigenvalue weighted by Crippen LogP contribution is -2.61. The maximum absolute atomic E-state index is 2.88. The third-order valence-electron chi connectivity index (χ3n) is 6.84. The van der Waals surface area contributed by atoms with E-state index in [2.05, 4.69) is 73.0 Å². The molecule has 0 aromatic heterocycles. The van der Waals surface area contributed by atoms with Crippen LogP contribution in [0.4, 0.5) is 0 Å². The van der Waals surface area contributed by atoms with E-state index in [1.807, 2.05) is 0 Å². The number of hydrogen-bond acceptors (Lipinski definition) is 1. The number of nitrogens with zero attached hydrogens (tertiary/aromatic N) is 1. The zero-order valence-corrected chi connectivity index (χ0v) is 18.2. The molecule has 1 nitrogen and oxygen atoms in total. The molecule has 22 heavy (non-hydrogen) atoms. The third-order valence-corrected chi connectivity index (χ3v) is 11.9. The Kier molecular flexibility index (Phi) is 6.78. The van der Waals surface area contributed by atoms with Gasteiger partial charge < -0.3 is 4.57 Å². The molecule has 132 valence electrons. The highest BCUT2D eigenvalue weighted by atomic mass is 28.3. The van der Waals surface area contributed by atoms with E-state index in [9.17, 15) is 0 Å². The van der Waals surface area contributed by atoms with Crippen LogP contribution in [0.15, 0.2) is 0 Å². The van der Waals surface area contributed by atoms with Crippen molar-refractivity contribution >= 4 is 8.24 Å². The van der Waals surface area contributed by atoms with Gasteiger partial charge >= 0.3 is 0 Å². The van der Waals surface area contributed by atoms with E-state index in [1.165, 1.54) is 25.8 Å². The van der Waals surface area contributed by atoms with Crippen molar-refractivity contribution in [3.8, 4) is 0 Å². The van der Waals surface area contributed by atoms with Crippen molar-refractivity contribution in [2.24, 2.45) is 23.7 Å². The number of unbranched alkanes of at least 4 members (excludes halogenated alkanes) is 1. The van der Waals surface area contributed by atoms with Crippen LogP contribution in [0, 0.1) is 23.7 Å². The minimum Gasteiger partial charge on any atom is -0.319 e. The monoisotopic (exact) mass is 325 g/mol. The minimum atomic E-state index is -1.45. The molecule has 0 aromatic carbocycles. The SMILES string of the molecule is CCCCC1C(C)C(C)C([Si](C)(C)N(CC)C(C)(C)C)C1C. The number of hydrogen-bond donors (Lipinski definition) is 0. The van der Waals surface area contributed by atoms with E-state index in [1.54, 1.807) is 0 Å². The van der Waals surface area contributed by atoms with Gasteiger partial charge in [-0.3, -0.25) is 0 Å². The first kappa shape index (κ1) is 20.2. The van der Waals surface area contributed by atoms with Crippen molar-refractivity contribution in [1.29, 1.82) is 0 Å². The Labute approximate surface area is 142 Å². The lowest BCUT2D eigenvalue weighted by atomic mass is 9.85. The standard InChI is InChI=1S/C20H43NSi/c1-11-13-14-18-15(3)16(4)19(17(18)5)22(9,10)21(12-2)20(6,7)8/h15-19H,11-14H2,1-10H3. The first-order chi connectivity index (χ1) is 10.00. The summed E-state index contributed by atoms with van der Waals surface area (Å²) in [7, 11) is -1.45. The van der Waals surface area contributed by atoms with Crippen LogP contribution in [0.1, 0.15) is 74.7 Å². The summed E-state index contributed by atoms with van der Waals surface area (Å²) >= 11 is 0. The molecular formula is C20H43NSi. The van der Waals surface area contributed by atoms with Crippen molar-refractivity contribution in [1.82, 2.24) is 4.57 Å². The first-order valence-electron chi connectivity index (χ1n) is 9.77. The Balaban J connectivity index is 3.07. The molecule has 0 spiro atoms. The quantitative estimate of drug-likeness (QED) is 0.510. The average Bonchev–Trinajstić information content (AvgIpc) is 2.57. The van der Waals surface area contributed by atoms with E-state index in [4.69, 9.17) is 0 Å². The summed E-state index contributed by atoms with van der Waals surface area (Å²) in [5.74, 6) is 3.63. The summed E-state index contributed by atoms with van der Waals surface area (Å²) in [5.41, 5.74) is 1.23. The minimum absolute atomic E-state index is 0.300. The average molecular weight is 326 g/mol. The van der Waals surface area contributed by atoms with Crippen LogP contribution >= 0.6 is 0 Å². The highest BCUT2D eigenvalue weighted by molar-refractivity contribution is 6.76. The summed E-state index contributed by atoms with van der Waals surface area (Å²) in [6.45, 7) is 26.1. The molecule has 1 fully saturated rings. The molecule has 5 atom stereocenters. The highest BCUT2D eigenvalue weighted by Gasteiger charge is 2.53. The molecule has 1 rings (SSSR count). The summed E-state index contributed by atoms with van der Waals surface area (Å²) in [6.07, 6.45) is 4.21. The van der Waals surface area contributed by atoms with E-state index in [0.29, 0.717) is 5.54 Å². The Hall–Kier alpha value is 0.177. The Morgan fingerprint density at radius 2 is 1.45 bits per heavy atom.